The second-order valence-corrected chi connectivity index (χ2v) is 8.00. The van der Waals surface area contributed by atoms with Crippen molar-refractivity contribution in [3.63, 3.8) is 0 Å². The van der Waals surface area contributed by atoms with Crippen LogP contribution in [0.15, 0.2) is 29.4 Å². The van der Waals surface area contributed by atoms with Crippen LogP contribution in [0.5, 0.6) is 0 Å². The maximum Gasteiger partial charge on any atom is 0.191 e. The first-order valence-electron chi connectivity index (χ1n) is 8.65. The number of guanidine groups is 1. The largest absolute Gasteiger partial charge is 0.357 e. The van der Waals surface area contributed by atoms with Gasteiger partial charge in [-0.15, -0.1) is 10.2 Å². The molecule has 1 aliphatic heterocycles. The molecule has 130 valence electrons. The van der Waals surface area contributed by atoms with Crippen molar-refractivity contribution in [2.75, 3.05) is 25.4 Å². The first-order chi connectivity index (χ1) is 11.7. The fourth-order valence-electron chi connectivity index (χ4n) is 2.90. The minimum Gasteiger partial charge on any atom is -0.357 e. The number of hydrogen-bond donors (Lipinski definition) is 2. The Bertz CT molecular complexity index is 689. The summed E-state index contributed by atoms with van der Waals surface area (Å²) in [4.78, 5) is 4.78. The van der Waals surface area contributed by atoms with Crippen molar-refractivity contribution < 1.29 is 0 Å². The van der Waals surface area contributed by atoms with E-state index in [2.05, 4.69) is 34.7 Å². The lowest BCUT2D eigenvalue weighted by molar-refractivity contribution is 0.614. The highest BCUT2D eigenvalue weighted by Gasteiger charge is 2.29. The Morgan fingerprint density at radius 3 is 3.08 bits per heavy atom. The van der Waals surface area contributed by atoms with Crippen molar-refractivity contribution in [3.8, 4) is 0 Å². The Balaban J connectivity index is 1.56. The van der Waals surface area contributed by atoms with E-state index in [9.17, 15) is 0 Å². The van der Waals surface area contributed by atoms with E-state index in [1.165, 1.54) is 18.6 Å². The number of aromatic nitrogens is 3. The highest BCUT2D eigenvalue weighted by atomic mass is 32.2. The van der Waals surface area contributed by atoms with E-state index < -0.39 is 0 Å². The molecule has 0 aliphatic carbocycles. The van der Waals surface area contributed by atoms with Gasteiger partial charge in [0.2, 0.25) is 0 Å². The third-order valence-corrected chi connectivity index (χ3v) is 5.76. The van der Waals surface area contributed by atoms with Crippen molar-refractivity contribution in [3.05, 3.63) is 30.2 Å². The van der Waals surface area contributed by atoms with Crippen LogP contribution in [-0.4, -0.2) is 50.7 Å². The van der Waals surface area contributed by atoms with Crippen LogP contribution in [-0.2, 0) is 6.42 Å². The first kappa shape index (κ1) is 17.1. The number of hydrogen-bond acceptors (Lipinski definition) is 4. The van der Waals surface area contributed by atoms with Crippen molar-refractivity contribution in [1.29, 1.82) is 0 Å². The molecule has 3 rings (SSSR count). The van der Waals surface area contributed by atoms with Gasteiger partial charge in [-0.25, -0.2) is 0 Å². The van der Waals surface area contributed by atoms with E-state index in [0.717, 1.165) is 43.5 Å². The summed E-state index contributed by atoms with van der Waals surface area (Å²) in [5, 5.41) is 15.2. The summed E-state index contributed by atoms with van der Waals surface area (Å²) in [5.74, 6) is 3.11. The Labute approximate surface area is 147 Å². The summed E-state index contributed by atoms with van der Waals surface area (Å²) in [6.45, 7) is 6.92. The molecule has 6 nitrogen and oxygen atoms in total. The molecular weight excluding hydrogens is 320 g/mol. The van der Waals surface area contributed by atoms with Gasteiger partial charge in [-0.05, 0) is 44.6 Å². The number of nitrogens with zero attached hydrogens (tertiary/aromatic N) is 4. The molecule has 0 spiro atoms. The third kappa shape index (κ3) is 4.20. The van der Waals surface area contributed by atoms with E-state index >= 15 is 0 Å². The van der Waals surface area contributed by atoms with Crippen LogP contribution in [0.4, 0.5) is 0 Å². The van der Waals surface area contributed by atoms with Crippen LogP contribution in [0.2, 0.25) is 0 Å². The lowest BCUT2D eigenvalue weighted by Gasteiger charge is -2.21. The summed E-state index contributed by atoms with van der Waals surface area (Å²) >= 11 is 2.04. The van der Waals surface area contributed by atoms with E-state index in [1.54, 1.807) is 0 Å². The molecule has 0 bridgehead atoms. The van der Waals surface area contributed by atoms with E-state index in [0.29, 0.717) is 4.75 Å². The summed E-state index contributed by atoms with van der Waals surface area (Å²) < 4.78 is 2.33. The monoisotopic (exact) mass is 346 g/mol. The maximum atomic E-state index is 4.78. The van der Waals surface area contributed by atoms with Gasteiger partial charge in [0.15, 0.2) is 11.6 Å². The highest BCUT2D eigenvalue weighted by Crippen LogP contribution is 2.37. The van der Waals surface area contributed by atoms with Gasteiger partial charge in [0, 0.05) is 30.5 Å². The molecule has 0 amide bonds. The Hall–Kier alpha value is -1.76. The number of thioether (sulfide) groups is 1. The highest BCUT2D eigenvalue weighted by molar-refractivity contribution is 8.00. The van der Waals surface area contributed by atoms with E-state index in [4.69, 9.17) is 4.99 Å². The predicted molar refractivity (Wildman–Crippen MR) is 101 cm³/mol. The molecule has 2 aromatic rings. The van der Waals surface area contributed by atoms with Crippen LogP contribution in [0.25, 0.3) is 5.65 Å². The number of pyridine rings is 1. The molecule has 7 heteroatoms. The molecule has 0 radical (unpaired) electrons. The van der Waals surface area contributed by atoms with Crippen LogP contribution in [0.1, 0.15) is 32.5 Å². The van der Waals surface area contributed by atoms with Crippen LogP contribution in [0.3, 0.4) is 0 Å². The zero-order chi connectivity index (χ0) is 16.8. The number of rotatable bonds is 6. The van der Waals surface area contributed by atoms with Gasteiger partial charge < -0.3 is 10.6 Å². The first-order valence-corrected chi connectivity index (χ1v) is 9.63. The molecule has 1 unspecified atom stereocenters. The smallest absolute Gasteiger partial charge is 0.191 e. The minimum atomic E-state index is 0.297. The predicted octanol–water partition coefficient (Wildman–Crippen LogP) is 2.11. The molecule has 2 aromatic heterocycles. The summed E-state index contributed by atoms with van der Waals surface area (Å²) in [5.41, 5.74) is 0.888. The Morgan fingerprint density at radius 1 is 1.38 bits per heavy atom. The van der Waals surface area contributed by atoms with Gasteiger partial charge in [-0.3, -0.25) is 9.39 Å². The van der Waals surface area contributed by atoms with Gasteiger partial charge >= 0.3 is 0 Å². The standard InChI is InChI=1S/C17H26N6S/c1-3-18-16(20-13-17(2)9-6-12-24-17)19-10-8-15-22-21-14-7-4-5-11-23(14)15/h4-5,7,11H,3,6,8-10,12-13H2,1-2H3,(H2,18,19,20). The number of aliphatic imine (C=N–C) groups is 1. The van der Waals surface area contributed by atoms with Gasteiger partial charge in [0.1, 0.15) is 5.82 Å². The normalized spacial score (nSPS) is 21.3. The molecule has 1 saturated heterocycles. The zero-order valence-electron chi connectivity index (χ0n) is 14.5. The Kier molecular flexibility index (Phi) is 5.60. The molecule has 0 aromatic carbocycles. The van der Waals surface area contributed by atoms with Crippen molar-refractivity contribution in [2.24, 2.45) is 4.99 Å². The molecule has 1 atom stereocenters. The number of nitrogens with one attached hydrogen (secondary N) is 2. The average molecular weight is 347 g/mol. The molecule has 0 saturated carbocycles. The molecule has 3 heterocycles. The topological polar surface area (TPSA) is 66.6 Å². The van der Waals surface area contributed by atoms with Gasteiger partial charge in [-0.2, -0.15) is 11.8 Å². The van der Waals surface area contributed by atoms with Gasteiger partial charge in [0.25, 0.3) is 0 Å². The molecule has 1 aliphatic rings. The van der Waals surface area contributed by atoms with Gasteiger partial charge in [-0.1, -0.05) is 6.07 Å². The number of fused-ring (bicyclic) bond motifs is 1. The van der Waals surface area contributed by atoms with E-state index in [-0.39, 0.29) is 0 Å². The second-order valence-electron chi connectivity index (χ2n) is 6.32. The zero-order valence-corrected chi connectivity index (χ0v) is 15.3. The molecule has 2 N–H and O–H groups in total. The van der Waals surface area contributed by atoms with Crippen LogP contribution >= 0.6 is 11.8 Å². The van der Waals surface area contributed by atoms with E-state index in [1.807, 2.05) is 40.6 Å². The van der Waals surface area contributed by atoms with Crippen molar-refractivity contribution in [1.82, 2.24) is 25.2 Å². The fraction of sp³-hybridized carbons (Fsp3) is 0.588. The third-order valence-electron chi connectivity index (χ3n) is 4.24. The fourth-order valence-corrected chi connectivity index (χ4v) is 4.13. The Morgan fingerprint density at radius 2 is 2.29 bits per heavy atom. The average Bonchev–Trinajstić information content (AvgIpc) is 3.20. The van der Waals surface area contributed by atoms with Crippen LogP contribution < -0.4 is 10.6 Å². The summed E-state index contributed by atoms with van der Waals surface area (Å²) in [6.07, 6.45) is 5.37. The lowest BCUT2D eigenvalue weighted by atomic mass is 10.1. The summed E-state index contributed by atoms with van der Waals surface area (Å²) in [7, 11) is 0. The van der Waals surface area contributed by atoms with Crippen molar-refractivity contribution in [2.45, 2.75) is 37.9 Å². The SMILES string of the molecule is CCNC(=NCC1(C)CCCS1)NCCc1nnc2ccccn12. The lowest BCUT2D eigenvalue weighted by Crippen LogP contribution is -2.39. The maximum absolute atomic E-state index is 4.78. The second kappa shape index (κ2) is 7.88. The quantitative estimate of drug-likeness (QED) is 0.619. The molecule has 1 fully saturated rings. The molecular formula is C17H26N6S. The van der Waals surface area contributed by atoms with Crippen molar-refractivity contribution >= 4 is 23.4 Å². The minimum absolute atomic E-state index is 0.297. The summed E-state index contributed by atoms with van der Waals surface area (Å²) in [6, 6.07) is 5.94. The van der Waals surface area contributed by atoms with Gasteiger partial charge in [0.05, 0.1) is 6.54 Å². The molecule has 24 heavy (non-hydrogen) atoms. The van der Waals surface area contributed by atoms with Crippen LogP contribution in [0, 0.1) is 0 Å².